The molecule has 7 heteroatoms. The standard InChI is InChI=1S/C9H8ClN3O2S/c1-13-8-6(2-5(10)3-11-8)12-9(13)16-4-7(14)15/h2-3H,4H2,1H3,(H,14,15). The maximum atomic E-state index is 10.5. The number of hydrogen-bond donors (Lipinski definition) is 1. The molecule has 0 atom stereocenters. The summed E-state index contributed by atoms with van der Waals surface area (Å²) >= 11 is 6.95. The number of carboxylic acids is 1. The molecule has 0 saturated carbocycles. The van der Waals surface area contributed by atoms with E-state index in [1.807, 2.05) is 0 Å². The smallest absolute Gasteiger partial charge is 0.313 e. The molecule has 0 amide bonds. The Labute approximate surface area is 100 Å². The Balaban J connectivity index is 2.39. The molecule has 2 rings (SSSR count). The predicted octanol–water partition coefficient (Wildman–Crippen LogP) is 1.80. The minimum Gasteiger partial charge on any atom is -0.481 e. The number of pyridine rings is 1. The van der Waals surface area contributed by atoms with E-state index in [0.29, 0.717) is 21.3 Å². The third kappa shape index (κ3) is 2.12. The molecule has 0 aliphatic carbocycles. The fourth-order valence-corrected chi connectivity index (χ4v) is 2.13. The summed E-state index contributed by atoms with van der Waals surface area (Å²) in [6, 6.07) is 1.70. The molecule has 16 heavy (non-hydrogen) atoms. The second-order valence-corrected chi connectivity index (χ2v) is 4.51. The Morgan fingerprint density at radius 1 is 1.69 bits per heavy atom. The number of hydrogen-bond acceptors (Lipinski definition) is 4. The van der Waals surface area contributed by atoms with Gasteiger partial charge in [-0.2, -0.15) is 0 Å². The van der Waals surface area contributed by atoms with Gasteiger partial charge in [-0.1, -0.05) is 23.4 Å². The summed E-state index contributed by atoms with van der Waals surface area (Å²) in [6.45, 7) is 0. The van der Waals surface area contributed by atoms with Crippen molar-refractivity contribution in [1.29, 1.82) is 0 Å². The van der Waals surface area contributed by atoms with Gasteiger partial charge in [0.1, 0.15) is 5.52 Å². The van der Waals surface area contributed by atoms with Gasteiger partial charge in [0.2, 0.25) is 0 Å². The summed E-state index contributed by atoms with van der Waals surface area (Å²) in [7, 11) is 1.79. The molecular weight excluding hydrogens is 250 g/mol. The van der Waals surface area contributed by atoms with Crippen molar-refractivity contribution in [3.63, 3.8) is 0 Å². The molecule has 0 bridgehead atoms. The molecule has 5 nitrogen and oxygen atoms in total. The minimum atomic E-state index is -0.872. The van der Waals surface area contributed by atoms with Gasteiger partial charge in [0.25, 0.3) is 0 Å². The van der Waals surface area contributed by atoms with E-state index in [-0.39, 0.29) is 5.75 Å². The van der Waals surface area contributed by atoms with Crippen molar-refractivity contribution in [3.8, 4) is 0 Å². The SMILES string of the molecule is Cn1c(SCC(=O)O)nc2cc(Cl)cnc21. The van der Waals surface area contributed by atoms with Crippen LogP contribution in [0.4, 0.5) is 0 Å². The third-order valence-electron chi connectivity index (χ3n) is 1.96. The highest BCUT2D eigenvalue weighted by molar-refractivity contribution is 7.99. The van der Waals surface area contributed by atoms with Crippen molar-refractivity contribution >= 4 is 40.5 Å². The van der Waals surface area contributed by atoms with Crippen LogP contribution in [0.2, 0.25) is 5.02 Å². The largest absolute Gasteiger partial charge is 0.481 e. The zero-order valence-electron chi connectivity index (χ0n) is 8.35. The molecule has 0 radical (unpaired) electrons. The van der Waals surface area contributed by atoms with E-state index >= 15 is 0 Å². The Hall–Kier alpha value is -1.27. The highest BCUT2D eigenvalue weighted by atomic mass is 35.5. The van der Waals surface area contributed by atoms with E-state index < -0.39 is 5.97 Å². The number of carbonyl (C=O) groups is 1. The maximum absolute atomic E-state index is 10.5. The van der Waals surface area contributed by atoms with Crippen LogP contribution in [0.25, 0.3) is 11.2 Å². The van der Waals surface area contributed by atoms with Gasteiger partial charge in [0.05, 0.1) is 10.8 Å². The number of rotatable bonds is 3. The zero-order valence-corrected chi connectivity index (χ0v) is 9.92. The number of fused-ring (bicyclic) bond motifs is 1. The van der Waals surface area contributed by atoms with Crippen LogP contribution in [0.1, 0.15) is 0 Å². The van der Waals surface area contributed by atoms with E-state index in [9.17, 15) is 4.79 Å². The maximum Gasteiger partial charge on any atom is 0.313 e. The number of thioether (sulfide) groups is 1. The molecule has 0 aromatic carbocycles. The lowest BCUT2D eigenvalue weighted by Gasteiger charge is -1.98. The zero-order chi connectivity index (χ0) is 11.7. The van der Waals surface area contributed by atoms with Crippen molar-refractivity contribution in [3.05, 3.63) is 17.3 Å². The Kier molecular flexibility index (Phi) is 3.02. The monoisotopic (exact) mass is 257 g/mol. The number of aryl methyl sites for hydroxylation is 1. The molecule has 2 aromatic heterocycles. The highest BCUT2D eigenvalue weighted by Gasteiger charge is 2.11. The first-order chi connectivity index (χ1) is 7.58. The first-order valence-corrected chi connectivity index (χ1v) is 5.77. The Morgan fingerprint density at radius 3 is 3.12 bits per heavy atom. The van der Waals surface area contributed by atoms with Crippen LogP contribution in [0.3, 0.4) is 0 Å². The quantitative estimate of drug-likeness (QED) is 0.849. The summed E-state index contributed by atoms with van der Waals surface area (Å²) in [4.78, 5) is 18.9. The summed E-state index contributed by atoms with van der Waals surface area (Å²) in [5.74, 6) is -0.895. The van der Waals surface area contributed by atoms with Gasteiger partial charge in [-0.25, -0.2) is 9.97 Å². The molecule has 2 aromatic rings. The lowest BCUT2D eigenvalue weighted by Crippen LogP contribution is -2.00. The van der Waals surface area contributed by atoms with Crippen molar-refractivity contribution < 1.29 is 9.90 Å². The number of halogens is 1. The van der Waals surface area contributed by atoms with Crippen LogP contribution in [-0.2, 0) is 11.8 Å². The van der Waals surface area contributed by atoms with E-state index in [0.717, 1.165) is 11.8 Å². The molecule has 1 N–H and O–H groups in total. The highest BCUT2D eigenvalue weighted by Crippen LogP contribution is 2.23. The fraction of sp³-hybridized carbons (Fsp3) is 0.222. The van der Waals surface area contributed by atoms with Gasteiger partial charge >= 0.3 is 5.97 Å². The van der Waals surface area contributed by atoms with Crippen molar-refractivity contribution in [1.82, 2.24) is 14.5 Å². The van der Waals surface area contributed by atoms with Crippen LogP contribution < -0.4 is 0 Å². The van der Waals surface area contributed by atoms with Crippen LogP contribution in [0.5, 0.6) is 0 Å². The van der Waals surface area contributed by atoms with Crippen molar-refractivity contribution in [2.24, 2.45) is 7.05 Å². The van der Waals surface area contributed by atoms with Crippen LogP contribution in [0.15, 0.2) is 17.4 Å². The molecule has 84 valence electrons. The summed E-state index contributed by atoms with van der Waals surface area (Å²) in [5, 5.41) is 9.72. The van der Waals surface area contributed by atoms with E-state index in [1.165, 1.54) is 6.20 Å². The molecule has 0 unspecified atom stereocenters. The second kappa shape index (κ2) is 4.31. The van der Waals surface area contributed by atoms with Gasteiger partial charge in [-0.15, -0.1) is 0 Å². The van der Waals surface area contributed by atoms with Crippen LogP contribution in [-0.4, -0.2) is 31.4 Å². The average Bonchev–Trinajstić information content (AvgIpc) is 2.52. The van der Waals surface area contributed by atoms with Gasteiger partial charge in [0.15, 0.2) is 10.8 Å². The predicted molar refractivity (Wildman–Crippen MR) is 61.9 cm³/mol. The number of nitrogens with zero attached hydrogens (tertiary/aromatic N) is 3. The topological polar surface area (TPSA) is 68.0 Å². The molecule has 0 spiro atoms. The van der Waals surface area contributed by atoms with E-state index in [1.54, 1.807) is 17.7 Å². The number of imidazole rings is 1. The third-order valence-corrected chi connectivity index (χ3v) is 3.18. The summed E-state index contributed by atoms with van der Waals surface area (Å²) in [6.07, 6.45) is 1.54. The van der Waals surface area contributed by atoms with Crippen LogP contribution >= 0.6 is 23.4 Å². The number of aliphatic carboxylic acids is 1. The molecule has 0 aliphatic rings. The van der Waals surface area contributed by atoms with Gasteiger partial charge in [0, 0.05) is 13.2 Å². The molecule has 0 aliphatic heterocycles. The van der Waals surface area contributed by atoms with E-state index in [4.69, 9.17) is 16.7 Å². The molecular formula is C9H8ClN3O2S. The number of aromatic nitrogens is 3. The lowest BCUT2D eigenvalue weighted by atomic mass is 10.4. The Bertz CT molecular complexity index is 555. The fourth-order valence-electron chi connectivity index (χ4n) is 1.29. The van der Waals surface area contributed by atoms with Crippen LogP contribution in [0, 0.1) is 0 Å². The van der Waals surface area contributed by atoms with Gasteiger partial charge in [-0.05, 0) is 6.07 Å². The normalized spacial score (nSPS) is 10.9. The van der Waals surface area contributed by atoms with Crippen molar-refractivity contribution in [2.45, 2.75) is 5.16 Å². The lowest BCUT2D eigenvalue weighted by molar-refractivity contribution is -0.133. The molecule has 0 fully saturated rings. The number of carboxylic acid groups (broad SMARTS) is 1. The molecule has 2 heterocycles. The van der Waals surface area contributed by atoms with Gasteiger partial charge < -0.3 is 9.67 Å². The van der Waals surface area contributed by atoms with E-state index in [2.05, 4.69) is 9.97 Å². The first kappa shape index (κ1) is 11.2. The summed E-state index contributed by atoms with van der Waals surface area (Å²) < 4.78 is 1.75. The molecule has 0 saturated heterocycles. The first-order valence-electron chi connectivity index (χ1n) is 4.40. The Morgan fingerprint density at radius 2 is 2.44 bits per heavy atom. The minimum absolute atomic E-state index is 0.0229. The summed E-state index contributed by atoms with van der Waals surface area (Å²) in [5.41, 5.74) is 1.36. The van der Waals surface area contributed by atoms with Crippen molar-refractivity contribution in [2.75, 3.05) is 5.75 Å². The average molecular weight is 258 g/mol. The second-order valence-electron chi connectivity index (χ2n) is 3.13. The van der Waals surface area contributed by atoms with Gasteiger partial charge in [-0.3, -0.25) is 4.79 Å².